The van der Waals surface area contributed by atoms with Crippen LogP contribution in [0.4, 0.5) is 0 Å². The van der Waals surface area contributed by atoms with E-state index in [0.29, 0.717) is 5.92 Å². The highest BCUT2D eigenvalue weighted by molar-refractivity contribution is 5.92. The summed E-state index contributed by atoms with van der Waals surface area (Å²) in [5.41, 5.74) is 15.5. The Morgan fingerprint density at radius 3 is 2.00 bits per heavy atom. The van der Waals surface area contributed by atoms with Crippen molar-refractivity contribution >= 4 is 16.3 Å². The van der Waals surface area contributed by atoms with Crippen LogP contribution in [0, 0.1) is 0 Å². The molecular formula is C40H34. The first-order chi connectivity index (χ1) is 19.3. The average Bonchev–Trinajstić information content (AvgIpc) is 3.36. The highest BCUT2D eigenvalue weighted by Crippen LogP contribution is 2.54. The molecule has 0 aromatic heterocycles. The predicted octanol–water partition coefficient (Wildman–Crippen LogP) is 10.6. The first-order valence-corrected chi connectivity index (χ1v) is 14.6. The Morgan fingerprint density at radius 1 is 0.550 bits per heavy atom. The summed E-state index contributed by atoms with van der Waals surface area (Å²) in [6.45, 7) is 9.49. The van der Waals surface area contributed by atoms with Crippen LogP contribution in [0.5, 0.6) is 0 Å². The minimum absolute atomic E-state index is 0.0180. The molecule has 0 amide bonds. The van der Waals surface area contributed by atoms with Crippen molar-refractivity contribution in [1.29, 1.82) is 0 Å². The van der Waals surface area contributed by atoms with Crippen molar-refractivity contribution in [2.75, 3.05) is 0 Å². The van der Waals surface area contributed by atoms with Gasteiger partial charge in [-0.15, -0.1) is 0 Å². The lowest BCUT2D eigenvalue weighted by Crippen LogP contribution is -2.17. The zero-order valence-electron chi connectivity index (χ0n) is 23.8. The van der Waals surface area contributed by atoms with Gasteiger partial charge < -0.3 is 0 Å². The smallest absolute Gasteiger partial charge is 0.0159 e. The molecular weight excluding hydrogens is 480 g/mol. The predicted molar refractivity (Wildman–Crippen MR) is 170 cm³/mol. The lowest BCUT2D eigenvalue weighted by Gasteiger charge is -2.27. The molecule has 3 aliphatic rings. The summed E-state index contributed by atoms with van der Waals surface area (Å²) >= 11 is 0. The molecule has 0 saturated heterocycles. The van der Waals surface area contributed by atoms with Crippen molar-refractivity contribution in [2.24, 2.45) is 0 Å². The van der Waals surface area contributed by atoms with Crippen LogP contribution in [0.25, 0.3) is 38.6 Å². The summed E-state index contributed by atoms with van der Waals surface area (Å²) in [5, 5.41) is 2.59. The molecule has 0 heteroatoms. The van der Waals surface area contributed by atoms with Gasteiger partial charge in [0, 0.05) is 16.7 Å². The summed E-state index contributed by atoms with van der Waals surface area (Å²) in [6.07, 6.45) is 6.01. The van der Waals surface area contributed by atoms with Gasteiger partial charge in [-0.3, -0.25) is 0 Å². The maximum absolute atomic E-state index is 2.48. The van der Waals surface area contributed by atoms with Gasteiger partial charge in [-0.2, -0.15) is 0 Å². The Kier molecular flexibility index (Phi) is 4.85. The van der Waals surface area contributed by atoms with E-state index in [2.05, 4.69) is 143 Å². The Labute approximate surface area is 237 Å². The molecule has 0 N–H and O–H groups in total. The lowest BCUT2D eigenvalue weighted by molar-refractivity contribution is 0.613. The second-order valence-corrected chi connectivity index (χ2v) is 13.0. The van der Waals surface area contributed by atoms with Crippen LogP contribution in [-0.4, -0.2) is 0 Å². The standard InChI is InChI=1S/C40H34/c1-39(2)35-11-7-5-9-31(35)33-19-17-29(23-37(33)39)27-15-13-26-22-28(16-14-25(26)21-27)30-18-20-34-32-10-6-8-12-36(32)40(3,4)38(34)24-30/h5-19,21-24,34H,20H2,1-4H3. The molecule has 0 spiro atoms. The summed E-state index contributed by atoms with van der Waals surface area (Å²) in [7, 11) is 0. The van der Waals surface area contributed by atoms with Gasteiger partial charge >= 0.3 is 0 Å². The number of hydrogen-bond acceptors (Lipinski definition) is 0. The number of rotatable bonds is 2. The van der Waals surface area contributed by atoms with Gasteiger partial charge in [-0.1, -0.05) is 130 Å². The molecule has 0 fully saturated rings. The summed E-state index contributed by atoms with van der Waals surface area (Å²) in [5.74, 6) is 0.517. The zero-order valence-corrected chi connectivity index (χ0v) is 23.8. The zero-order chi connectivity index (χ0) is 27.2. The Morgan fingerprint density at radius 2 is 1.18 bits per heavy atom. The van der Waals surface area contributed by atoms with E-state index in [0.717, 1.165) is 6.42 Å². The van der Waals surface area contributed by atoms with Crippen LogP contribution < -0.4 is 0 Å². The van der Waals surface area contributed by atoms with Gasteiger partial charge in [0.05, 0.1) is 0 Å². The van der Waals surface area contributed by atoms with E-state index in [1.165, 1.54) is 66.4 Å². The van der Waals surface area contributed by atoms with E-state index in [4.69, 9.17) is 0 Å². The summed E-state index contributed by atoms with van der Waals surface area (Å²) in [6, 6.07) is 38.9. The highest BCUT2D eigenvalue weighted by atomic mass is 14.5. The monoisotopic (exact) mass is 514 g/mol. The van der Waals surface area contributed by atoms with Crippen molar-refractivity contribution < 1.29 is 0 Å². The van der Waals surface area contributed by atoms with E-state index in [1.54, 1.807) is 5.57 Å². The van der Waals surface area contributed by atoms with Crippen molar-refractivity contribution in [3.05, 3.63) is 149 Å². The van der Waals surface area contributed by atoms with E-state index in [-0.39, 0.29) is 10.8 Å². The SMILES string of the molecule is CC1(C)C2=CC(c3ccc4cc(-c5ccc6c(c5)C(C)(C)c5ccccc5-6)ccc4c3)=CCC2c2ccccc21. The molecule has 0 heterocycles. The van der Waals surface area contributed by atoms with E-state index < -0.39 is 0 Å². The fourth-order valence-electron chi connectivity index (χ4n) is 7.82. The number of hydrogen-bond donors (Lipinski definition) is 0. The minimum Gasteiger partial charge on any atom is -0.0757 e. The van der Waals surface area contributed by atoms with Crippen LogP contribution in [0.2, 0.25) is 0 Å². The van der Waals surface area contributed by atoms with Crippen LogP contribution in [0.15, 0.2) is 121 Å². The van der Waals surface area contributed by atoms with Gasteiger partial charge in [-0.05, 0) is 91.0 Å². The summed E-state index contributed by atoms with van der Waals surface area (Å²) in [4.78, 5) is 0. The number of allylic oxidation sites excluding steroid dienone is 4. The molecule has 1 unspecified atom stereocenters. The third-order valence-corrected chi connectivity index (χ3v) is 10.1. The molecule has 194 valence electrons. The van der Waals surface area contributed by atoms with Gasteiger partial charge in [0.25, 0.3) is 0 Å². The molecule has 8 rings (SSSR count). The Balaban J connectivity index is 1.13. The molecule has 0 aliphatic heterocycles. The van der Waals surface area contributed by atoms with Gasteiger partial charge in [0.1, 0.15) is 0 Å². The topological polar surface area (TPSA) is 0 Å². The van der Waals surface area contributed by atoms with Crippen molar-refractivity contribution in [1.82, 2.24) is 0 Å². The van der Waals surface area contributed by atoms with E-state index in [9.17, 15) is 0 Å². The molecule has 0 bridgehead atoms. The third kappa shape index (κ3) is 3.26. The van der Waals surface area contributed by atoms with E-state index >= 15 is 0 Å². The Bertz CT molecular complexity index is 1920. The quantitative estimate of drug-likeness (QED) is 0.220. The van der Waals surface area contributed by atoms with Gasteiger partial charge in [0.2, 0.25) is 0 Å². The highest BCUT2D eigenvalue weighted by Gasteiger charge is 2.42. The summed E-state index contributed by atoms with van der Waals surface area (Å²) < 4.78 is 0. The van der Waals surface area contributed by atoms with Crippen LogP contribution >= 0.6 is 0 Å². The number of fused-ring (bicyclic) bond motifs is 7. The second kappa shape index (κ2) is 8.18. The fraction of sp³-hybridized carbons (Fsp3) is 0.200. The molecule has 5 aromatic rings. The number of benzene rings is 5. The normalized spacial score (nSPS) is 19.4. The van der Waals surface area contributed by atoms with Crippen LogP contribution in [-0.2, 0) is 10.8 Å². The molecule has 0 nitrogen and oxygen atoms in total. The third-order valence-electron chi connectivity index (χ3n) is 10.1. The molecule has 40 heavy (non-hydrogen) atoms. The van der Waals surface area contributed by atoms with Gasteiger partial charge in [0.15, 0.2) is 0 Å². The first kappa shape index (κ1) is 23.7. The van der Waals surface area contributed by atoms with Crippen LogP contribution in [0.3, 0.4) is 0 Å². The maximum Gasteiger partial charge on any atom is 0.0159 e. The van der Waals surface area contributed by atoms with Crippen molar-refractivity contribution in [2.45, 2.75) is 50.9 Å². The second-order valence-electron chi connectivity index (χ2n) is 13.0. The molecule has 1 atom stereocenters. The Hall–Kier alpha value is -4.16. The first-order valence-electron chi connectivity index (χ1n) is 14.6. The van der Waals surface area contributed by atoms with E-state index in [1.807, 2.05) is 0 Å². The molecule has 3 aliphatic carbocycles. The van der Waals surface area contributed by atoms with Crippen molar-refractivity contribution in [3.63, 3.8) is 0 Å². The van der Waals surface area contributed by atoms with Gasteiger partial charge in [-0.25, -0.2) is 0 Å². The lowest BCUT2D eigenvalue weighted by atomic mass is 9.77. The van der Waals surface area contributed by atoms with Crippen LogP contribution in [0.1, 0.15) is 67.9 Å². The fourth-order valence-corrected chi connectivity index (χ4v) is 7.82. The molecule has 5 aromatic carbocycles. The van der Waals surface area contributed by atoms with Crippen molar-refractivity contribution in [3.8, 4) is 22.3 Å². The maximum atomic E-state index is 2.48. The average molecular weight is 515 g/mol. The minimum atomic E-state index is 0.0180. The molecule has 0 radical (unpaired) electrons. The largest absolute Gasteiger partial charge is 0.0757 e. The molecule has 0 saturated carbocycles.